The van der Waals surface area contributed by atoms with Gasteiger partial charge in [-0.1, -0.05) is 6.07 Å². The van der Waals surface area contributed by atoms with E-state index >= 15 is 0 Å². The summed E-state index contributed by atoms with van der Waals surface area (Å²) in [4.78, 5) is 17.3. The lowest BCUT2D eigenvalue weighted by atomic mass is 10.1. The summed E-state index contributed by atoms with van der Waals surface area (Å²) in [6.45, 7) is 0.608. The van der Waals surface area contributed by atoms with E-state index in [1.807, 2.05) is 19.4 Å². The van der Waals surface area contributed by atoms with Crippen LogP contribution in [0.2, 0.25) is 0 Å². The van der Waals surface area contributed by atoms with Gasteiger partial charge in [-0.15, -0.1) is 5.10 Å². The average Bonchev–Trinajstić information content (AvgIpc) is 3.14. The zero-order valence-electron chi connectivity index (χ0n) is 17.5. The molecule has 2 atom stereocenters. The first-order valence-electron chi connectivity index (χ1n) is 10.7. The molecule has 7 nitrogen and oxygen atoms in total. The molecule has 3 aromatic rings. The number of ether oxygens (including phenoxy) is 1. The summed E-state index contributed by atoms with van der Waals surface area (Å²) in [5.41, 5.74) is 5.67. The maximum absolute atomic E-state index is 12.4. The Labute approximate surface area is 175 Å². The van der Waals surface area contributed by atoms with Crippen LogP contribution in [0.25, 0.3) is 0 Å². The summed E-state index contributed by atoms with van der Waals surface area (Å²) >= 11 is 0. The van der Waals surface area contributed by atoms with Crippen LogP contribution in [0.1, 0.15) is 46.8 Å². The summed E-state index contributed by atoms with van der Waals surface area (Å²) in [6, 6.07) is 6.24. The van der Waals surface area contributed by atoms with Gasteiger partial charge in [0, 0.05) is 55.1 Å². The van der Waals surface area contributed by atoms with E-state index in [-0.39, 0.29) is 5.56 Å². The second-order valence-electron chi connectivity index (χ2n) is 8.57. The number of nitrogens with zero attached hydrogens (tertiary/aromatic N) is 5. The van der Waals surface area contributed by atoms with Crippen molar-refractivity contribution in [1.29, 1.82) is 0 Å². The van der Waals surface area contributed by atoms with Crippen molar-refractivity contribution >= 4 is 0 Å². The first-order valence-corrected chi connectivity index (χ1v) is 10.7. The van der Waals surface area contributed by atoms with Gasteiger partial charge in [-0.3, -0.25) is 14.5 Å². The largest absolute Gasteiger partial charge is 0.476 e. The van der Waals surface area contributed by atoms with E-state index in [4.69, 9.17) is 9.72 Å². The molecular weight excluding hydrogens is 378 g/mol. The summed E-state index contributed by atoms with van der Waals surface area (Å²) < 4.78 is 9.14. The molecule has 7 heteroatoms. The van der Waals surface area contributed by atoms with E-state index in [2.05, 4.69) is 22.3 Å². The van der Waals surface area contributed by atoms with E-state index < -0.39 is 0 Å². The quantitative estimate of drug-likeness (QED) is 0.603. The van der Waals surface area contributed by atoms with Gasteiger partial charge in [-0.25, -0.2) is 4.68 Å². The highest BCUT2D eigenvalue weighted by atomic mass is 16.5. The van der Waals surface area contributed by atoms with Gasteiger partial charge in [0.05, 0.1) is 12.8 Å². The van der Waals surface area contributed by atoms with Crippen molar-refractivity contribution in [3.05, 3.63) is 69.0 Å². The van der Waals surface area contributed by atoms with E-state index in [9.17, 15) is 4.79 Å². The van der Waals surface area contributed by atoms with E-state index in [0.29, 0.717) is 30.7 Å². The lowest BCUT2D eigenvalue weighted by molar-refractivity contribution is 0.277. The first-order chi connectivity index (χ1) is 14.6. The molecule has 0 aliphatic heterocycles. The number of pyridine rings is 1. The van der Waals surface area contributed by atoms with Crippen LogP contribution in [0.3, 0.4) is 0 Å². The highest BCUT2D eigenvalue weighted by Gasteiger charge is 2.40. The van der Waals surface area contributed by atoms with Crippen LogP contribution in [0, 0.1) is 5.92 Å². The Bertz CT molecular complexity index is 1130. The van der Waals surface area contributed by atoms with Crippen molar-refractivity contribution in [3.63, 3.8) is 0 Å². The summed E-state index contributed by atoms with van der Waals surface area (Å²) in [6.07, 6.45) is 9.83. The Morgan fingerprint density at radius 2 is 2.10 bits per heavy atom. The van der Waals surface area contributed by atoms with Gasteiger partial charge in [0.25, 0.3) is 5.56 Å². The van der Waals surface area contributed by atoms with Crippen molar-refractivity contribution in [1.82, 2.24) is 24.5 Å². The molecule has 0 aromatic carbocycles. The van der Waals surface area contributed by atoms with Crippen molar-refractivity contribution in [2.45, 2.75) is 44.4 Å². The van der Waals surface area contributed by atoms with E-state index in [1.54, 1.807) is 17.8 Å². The highest BCUT2D eigenvalue weighted by molar-refractivity contribution is 5.30. The second-order valence-corrected chi connectivity index (χ2v) is 8.57. The molecular formula is C23H27N5O2. The molecule has 5 rings (SSSR count). The minimum Gasteiger partial charge on any atom is -0.476 e. The number of aryl methyl sites for hydroxylation is 6. The first kappa shape index (κ1) is 19.0. The molecule has 3 aromatic heterocycles. The Morgan fingerprint density at radius 1 is 1.20 bits per heavy atom. The molecule has 0 bridgehead atoms. The van der Waals surface area contributed by atoms with Gasteiger partial charge >= 0.3 is 0 Å². The van der Waals surface area contributed by atoms with Crippen molar-refractivity contribution in [2.75, 3.05) is 6.61 Å². The number of fused-ring (bicyclic) bond motifs is 1. The number of hydrogen-bond donors (Lipinski definition) is 0. The SMILES string of the molecule is Cn1cc(CCc2cc(OC[C@H]3C[C@@H]3c3ccc4c(n3)CCC4)nn(C)c2=O)cn1. The Morgan fingerprint density at radius 3 is 2.93 bits per heavy atom. The third-order valence-corrected chi connectivity index (χ3v) is 6.25. The summed E-state index contributed by atoms with van der Waals surface area (Å²) in [5, 5.41) is 8.47. The predicted octanol–water partition coefficient (Wildman–Crippen LogP) is 2.37. The fourth-order valence-corrected chi connectivity index (χ4v) is 4.40. The number of rotatable bonds is 7. The molecule has 0 unspecified atom stereocenters. The average molecular weight is 406 g/mol. The second kappa shape index (κ2) is 7.70. The molecule has 156 valence electrons. The summed E-state index contributed by atoms with van der Waals surface area (Å²) in [7, 11) is 3.57. The normalized spacial score (nSPS) is 19.7. The number of hydrogen-bond acceptors (Lipinski definition) is 5. The van der Waals surface area contributed by atoms with Gasteiger partial charge < -0.3 is 4.74 Å². The van der Waals surface area contributed by atoms with Gasteiger partial charge in [0.1, 0.15) is 0 Å². The summed E-state index contributed by atoms with van der Waals surface area (Å²) in [5.74, 6) is 1.47. The van der Waals surface area contributed by atoms with Gasteiger partial charge in [-0.05, 0) is 55.7 Å². The van der Waals surface area contributed by atoms with Gasteiger partial charge in [-0.2, -0.15) is 5.10 Å². The third kappa shape index (κ3) is 3.88. The monoisotopic (exact) mass is 405 g/mol. The minimum absolute atomic E-state index is 0.0714. The van der Waals surface area contributed by atoms with E-state index in [0.717, 1.165) is 30.4 Å². The molecule has 3 heterocycles. The molecule has 0 N–H and O–H groups in total. The highest BCUT2D eigenvalue weighted by Crippen LogP contribution is 2.47. The van der Waals surface area contributed by atoms with Crippen LogP contribution < -0.4 is 10.3 Å². The molecule has 1 saturated carbocycles. The fourth-order valence-electron chi connectivity index (χ4n) is 4.40. The molecule has 0 saturated heterocycles. The Hall–Kier alpha value is -2.96. The van der Waals surface area contributed by atoms with Crippen molar-refractivity contribution in [2.24, 2.45) is 20.0 Å². The van der Waals surface area contributed by atoms with Crippen LogP contribution in [-0.4, -0.2) is 31.2 Å². The topological polar surface area (TPSA) is 74.8 Å². The molecule has 2 aliphatic carbocycles. The maximum Gasteiger partial charge on any atom is 0.269 e. The molecule has 0 amide bonds. The lowest BCUT2D eigenvalue weighted by Crippen LogP contribution is -2.24. The Balaban J connectivity index is 1.21. The van der Waals surface area contributed by atoms with Crippen LogP contribution in [-0.2, 0) is 39.8 Å². The standard InChI is InChI=1S/C23H27N5O2/c1-27-13-15(12-24-27)6-7-17-11-22(26-28(2)23(17)29)30-14-18-10-19(18)21-9-8-16-4-3-5-20(16)25-21/h8-9,11-13,18-19H,3-7,10,14H2,1-2H3/t18-,19+/m1/s1. The van der Waals surface area contributed by atoms with Crippen LogP contribution in [0.15, 0.2) is 35.4 Å². The zero-order valence-corrected chi connectivity index (χ0v) is 17.5. The predicted molar refractivity (Wildman–Crippen MR) is 113 cm³/mol. The molecule has 1 fully saturated rings. The molecule has 0 radical (unpaired) electrons. The lowest BCUT2D eigenvalue weighted by Gasteiger charge is -2.09. The van der Waals surface area contributed by atoms with Crippen molar-refractivity contribution < 1.29 is 4.74 Å². The van der Waals surface area contributed by atoms with Crippen LogP contribution in [0.4, 0.5) is 0 Å². The third-order valence-electron chi connectivity index (χ3n) is 6.25. The molecule has 2 aliphatic rings. The zero-order chi connectivity index (χ0) is 20.7. The van der Waals surface area contributed by atoms with Crippen LogP contribution >= 0.6 is 0 Å². The Kier molecular flexibility index (Phi) is 4.89. The maximum atomic E-state index is 12.4. The number of aromatic nitrogens is 5. The van der Waals surface area contributed by atoms with Gasteiger partial charge in [0.2, 0.25) is 5.88 Å². The van der Waals surface area contributed by atoms with Crippen LogP contribution in [0.5, 0.6) is 5.88 Å². The van der Waals surface area contributed by atoms with E-state index in [1.165, 1.54) is 34.5 Å². The van der Waals surface area contributed by atoms with Gasteiger partial charge in [0.15, 0.2) is 0 Å². The smallest absolute Gasteiger partial charge is 0.269 e. The minimum atomic E-state index is -0.0714. The fraction of sp³-hybridized carbons (Fsp3) is 0.478. The van der Waals surface area contributed by atoms with Crippen molar-refractivity contribution in [3.8, 4) is 5.88 Å². The molecule has 0 spiro atoms. The molecule has 30 heavy (non-hydrogen) atoms.